The van der Waals surface area contributed by atoms with Crippen molar-refractivity contribution in [3.8, 4) is 0 Å². The number of benzene rings is 1. The number of nitrogens with one attached hydrogen (secondary N) is 1. The van der Waals surface area contributed by atoms with E-state index in [-0.39, 0.29) is 12.4 Å². The van der Waals surface area contributed by atoms with Crippen molar-refractivity contribution in [2.45, 2.75) is 24.4 Å². The summed E-state index contributed by atoms with van der Waals surface area (Å²) in [5, 5.41) is 2.42. The second kappa shape index (κ2) is 7.17. The molecule has 2 saturated heterocycles. The average molecular weight is 413 g/mol. The number of hydrogen-bond donors (Lipinski definition) is 1. The summed E-state index contributed by atoms with van der Waals surface area (Å²) in [5.74, 6) is -4.23. The first kappa shape index (κ1) is 18.9. The summed E-state index contributed by atoms with van der Waals surface area (Å²) in [4.78, 5) is 28.0. The van der Waals surface area contributed by atoms with Crippen LogP contribution in [-0.4, -0.2) is 40.2 Å². The minimum Gasteiger partial charge on any atom is -0.343 e. The summed E-state index contributed by atoms with van der Waals surface area (Å²) in [6, 6.07) is 9.41. The standard InChI is InChI=1S/C16H14F2N3O6P/c17-16(18)12-10(8-25-28(24)27-12)26-14(16)21-7-6-11(20-15(21)23)19-13(22)9-4-2-1-3-5-9/h1-7,10,12,14,28H,8H2,(H,19,20,22,23)/t10-,12-,14-/m1/s1. The van der Waals surface area contributed by atoms with Gasteiger partial charge in [0.15, 0.2) is 6.10 Å². The first-order valence-corrected chi connectivity index (χ1v) is 9.41. The molecule has 1 aromatic heterocycles. The highest BCUT2D eigenvalue weighted by molar-refractivity contribution is 7.33. The second-order valence-corrected chi connectivity index (χ2v) is 7.15. The van der Waals surface area contributed by atoms with Gasteiger partial charge in [-0.25, -0.2) is 4.79 Å². The van der Waals surface area contributed by atoms with Gasteiger partial charge in [0, 0.05) is 11.8 Å². The van der Waals surface area contributed by atoms with E-state index in [2.05, 4.69) is 10.3 Å². The van der Waals surface area contributed by atoms with Crippen molar-refractivity contribution in [2.24, 2.45) is 0 Å². The van der Waals surface area contributed by atoms with Crippen LogP contribution < -0.4 is 11.0 Å². The fraction of sp³-hybridized carbons (Fsp3) is 0.312. The van der Waals surface area contributed by atoms with E-state index in [4.69, 9.17) is 13.8 Å². The van der Waals surface area contributed by atoms with Gasteiger partial charge >= 0.3 is 19.9 Å². The van der Waals surface area contributed by atoms with Gasteiger partial charge in [-0.1, -0.05) is 18.2 Å². The van der Waals surface area contributed by atoms with Crippen molar-refractivity contribution < 1.29 is 31.9 Å². The number of alkyl halides is 2. The molecule has 1 amide bonds. The molecule has 1 N–H and O–H groups in total. The van der Waals surface area contributed by atoms with Crippen molar-refractivity contribution in [1.82, 2.24) is 9.55 Å². The molecular weight excluding hydrogens is 399 g/mol. The number of carbonyl (C=O) groups is 1. The normalized spacial score (nSPS) is 28.5. The molecule has 2 aromatic rings. The van der Waals surface area contributed by atoms with E-state index in [1.54, 1.807) is 30.3 Å². The lowest BCUT2D eigenvalue weighted by atomic mass is 10.1. The number of aromatic nitrogens is 2. The molecule has 2 fully saturated rings. The highest BCUT2D eigenvalue weighted by Gasteiger charge is 2.63. The van der Waals surface area contributed by atoms with Crippen LogP contribution >= 0.6 is 8.25 Å². The van der Waals surface area contributed by atoms with E-state index < -0.39 is 44.2 Å². The zero-order chi connectivity index (χ0) is 19.9. The van der Waals surface area contributed by atoms with Crippen LogP contribution in [0.25, 0.3) is 0 Å². The third kappa shape index (κ3) is 3.37. The van der Waals surface area contributed by atoms with Gasteiger partial charge in [-0.15, -0.1) is 0 Å². The SMILES string of the molecule is O=C(Nc1ccn([C@@H]2O[C@@H]3CO[PH](=O)O[C@H]3C2(F)F)c(=O)n1)c1ccccc1. The number of anilines is 1. The van der Waals surface area contributed by atoms with Gasteiger partial charge in [-0.3, -0.25) is 18.5 Å². The molecule has 4 rings (SSSR count). The fourth-order valence-corrected chi connectivity index (χ4v) is 3.86. The maximum absolute atomic E-state index is 14.6. The van der Waals surface area contributed by atoms with E-state index in [1.807, 2.05) is 0 Å². The number of fused-ring (bicyclic) bond motifs is 1. The summed E-state index contributed by atoms with van der Waals surface area (Å²) < 4.78 is 55.8. The number of hydrogen-bond acceptors (Lipinski definition) is 7. The first-order chi connectivity index (χ1) is 13.4. The van der Waals surface area contributed by atoms with E-state index in [1.165, 1.54) is 6.07 Å². The maximum Gasteiger partial charge on any atom is 0.351 e. The number of rotatable bonds is 3. The predicted molar refractivity (Wildman–Crippen MR) is 91.6 cm³/mol. The Kier molecular flexibility index (Phi) is 4.84. The molecule has 2 aliphatic heterocycles. The Hall–Kier alpha value is -2.46. The minimum atomic E-state index is -3.63. The van der Waals surface area contributed by atoms with Gasteiger partial charge in [0.25, 0.3) is 5.91 Å². The van der Waals surface area contributed by atoms with E-state index in [0.717, 1.165) is 6.20 Å². The molecule has 28 heavy (non-hydrogen) atoms. The topological polar surface area (TPSA) is 109 Å². The molecule has 0 saturated carbocycles. The van der Waals surface area contributed by atoms with Crippen molar-refractivity contribution in [2.75, 3.05) is 11.9 Å². The minimum absolute atomic E-state index is 0.0986. The smallest absolute Gasteiger partial charge is 0.343 e. The summed E-state index contributed by atoms with van der Waals surface area (Å²) >= 11 is 0. The Morgan fingerprint density at radius 2 is 2.04 bits per heavy atom. The zero-order valence-electron chi connectivity index (χ0n) is 14.1. The number of ether oxygens (including phenoxy) is 1. The second-order valence-electron chi connectivity index (χ2n) is 6.12. The number of amides is 1. The summed E-state index contributed by atoms with van der Waals surface area (Å²) in [5.41, 5.74) is -0.710. The molecule has 3 heterocycles. The summed E-state index contributed by atoms with van der Waals surface area (Å²) in [6.45, 7) is -0.331. The Morgan fingerprint density at radius 3 is 2.75 bits per heavy atom. The van der Waals surface area contributed by atoms with Crippen molar-refractivity contribution in [3.63, 3.8) is 0 Å². The van der Waals surface area contributed by atoms with Gasteiger partial charge in [0.2, 0.25) is 6.23 Å². The molecule has 1 aromatic carbocycles. The average Bonchev–Trinajstić information content (AvgIpc) is 2.93. The van der Waals surface area contributed by atoms with Crippen LogP contribution in [0.3, 0.4) is 0 Å². The molecule has 1 unspecified atom stereocenters. The van der Waals surface area contributed by atoms with Crippen molar-refractivity contribution >= 4 is 20.0 Å². The van der Waals surface area contributed by atoms with E-state index >= 15 is 0 Å². The molecule has 148 valence electrons. The fourth-order valence-electron chi connectivity index (χ4n) is 2.97. The van der Waals surface area contributed by atoms with Crippen LogP contribution in [0.4, 0.5) is 14.6 Å². The molecule has 0 bridgehead atoms. The van der Waals surface area contributed by atoms with Crippen LogP contribution in [0.15, 0.2) is 47.4 Å². The van der Waals surface area contributed by atoms with Crippen LogP contribution in [0, 0.1) is 0 Å². The van der Waals surface area contributed by atoms with Crippen LogP contribution in [-0.2, 0) is 18.3 Å². The van der Waals surface area contributed by atoms with Crippen LogP contribution in [0.1, 0.15) is 16.6 Å². The van der Waals surface area contributed by atoms with Crippen LogP contribution in [0.2, 0.25) is 0 Å². The molecular formula is C16H14F2N3O6P. The van der Waals surface area contributed by atoms with Gasteiger partial charge in [-0.05, 0) is 18.2 Å². The molecule has 2 aliphatic rings. The Bertz CT molecular complexity index is 986. The third-order valence-electron chi connectivity index (χ3n) is 4.30. The molecule has 9 nitrogen and oxygen atoms in total. The van der Waals surface area contributed by atoms with E-state index in [0.29, 0.717) is 10.1 Å². The Balaban J connectivity index is 1.56. The zero-order valence-corrected chi connectivity index (χ0v) is 15.1. The summed E-state index contributed by atoms with van der Waals surface area (Å²) in [6.07, 6.45) is -3.93. The largest absolute Gasteiger partial charge is 0.351 e. The van der Waals surface area contributed by atoms with Crippen molar-refractivity contribution in [1.29, 1.82) is 0 Å². The number of halogens is 2. The molecule has 0 spiro atoms. The Morgan fingerprint density at radius 1 is 1.29 bits per heavy atom. The van der Waals surface area contributed by atoms with Gasteiger partial charge in [0.1, 0.15) is 11.9 Å². The molecule has 4 atom stereocenters. The lowest BCUT2D eigenvalue weighted by molar-refractivity contribution is -0.135. The van der Waals surface area contributed by atoms with Crippen LogP contribution in [0.5, 0.6) is 0 Å². The van der Waals surface area contributed by atoms with Gasteiger partial charge < -0.3 is 14.6 Å². The highest BCUT2D eigenvalue weighted by atomic mass is 31.1. The molecule has 12 heteroatoms. The molecule has 0 radical (unpaired) electrons. The van der Waals surface area contributed by atoms with Gasteiger partial charge in [0.05, 0.1) is 6.61 Å². The third-order valence-corrected chi connectivity index (χ3v) is 5.15. The van der Waals surface area contributed by atoms with E-state index in [9.17, 15) is 22.9 Å². The van der Waals surface area contributed by atoms with Gasteiger partial charge in [-0.2, -0.15) is 13.8 Å². The monoisotopic (exact) mass is 413 g/mol. The highest BCUT2D eigenvalue weighted by Crippen LogP contribution is 2.50. The lowest BCUT2D eigenvalue weighted by Crippen LogP contribution is -2.44. The number of nitrogens with zero attached hydrogens (tertiary/aromatic N) is 2. The lowest BCUT2D eigenvalue weighted by Gasteiger charge is -2.26. The quantitative estimate of drug-likeness (QED) is 0.765. The predicted octanol–water partition coefficient (Wildman–Crippen LogP) is 1.83. The first-order valence-electron chi connectivity index (χ1n) is 8.18. The summed E-state index contributed by atoms with van der Waals surface area (Å²) in [7, 11) is -3.04. The maximum atomic E-state index is 14.6. The van der Waals surface area contributed by atoms with Crippen molar-refractivity contribution in [3.05, 3.63) is 58.6 Å². The Labute approximate surface area is 157 Å². The molecule has 0 aliphatic carbocycles. The number of carbonyl (C=O) groups excluding carboxylic acids is 1.